The summed E-state index contributed by atoms with van der Waals surface area (Å²) in [5, 5.41) is 7.71. The predicted molar refractivity (Wildman–Crippen MR) is 77.4 cm³/mol. The molecule has 0 atom stereocenters. The maximum Gasteiger partial charge on any atom is 0.155 e. The molecule has 0 unspecified atom stereocenters. The second-order valence-electron chi connectivity index (χ2n) is 4.86. The van der Waals surface area contributed by atoms with Crippen molar-refractivity contribution in [3.63, 3.8) is 0 Å². The number of H-pyrrole nitrogens is 1. The zero-order valence-electron chi connectivity index (χ0n) is 11.3. The Bertz CT molecular complexity index is 953. The first-order chi connectivity index (χ1) is 10.3. The lowest BCUT2D eigenvalue weighted by Crippen LogP contribution is -1.97. The van der Waals surface area contributed by atoms with E-state index in [9.17, 15) is 4.39 Å². The molecular weight excluding hydrogens is 269 g/mol. The first-order valence-corrected chi connectivity index (χ1v) is 6.71. The first kappa shape index (κ1) is 12.0. The maximum absolute atomic E-state index is 14.3. The number of imidazole rings is 1. The Labute approximate surface area is 119 Å². The van der Waals surface area contributed by atoms with Gasteiger partial charge < -0.3 is 4.40 Å². The van der Waals surface area contributed by atoms with E-state index in [4.69, 9.17) is 0 Å². The number of rotatable bonds is 2. The van der Waals surface area contributed by atoms with Crippen molar-refractivity contribution in [1.82, 2.24) is 24.6 Å². The average molecular weight is 281 g/mol. The van der Waals surface area contributed by atoms with E-state index in [-0.39, 0.29) is 5.82 Å². The van der Waals surface area contributed by atoms with E-state index in [0.29, 0.717) is 23.2 Å². The van der Waals surface area contributed by atoms with Crippen molar-refractivity contribution in [1.29, 1.82) is 0 Å². The van der Waals surface area contributed by atoms with E-state index < -0.39 is 0 Å². The number of hydrogen-bond donors (Lipinski definition) is 1. The normalized spacial score (nSPS) is 11.5. The van der Waals surface area contributed by atoms with Crippen molar-refractivity contribution in [2.24, 2.45) is 0 Å². The molecule has 0 fully saturated rings. The summed E-state index contributed by atoms with van der Waals surface area (Å²) >= 11 is 0. The Morgan fingerprint density at radius 3 is 3.05 bits per heavy atom. The smallest absolute Gasteiger partial charge is 0.155 e. The molecule has 0 aliphatic rings. The predicted octanol–water partition coefficient (Wildman–Crippen LogP) is 2.97. The molecule has 0 saturated carbocycles. The number of aromatic amines is 1. The summed E-state index contributed by atoms with van der Waals surface area (Å²) in [6.07, 6.45) is 9.40. The van der Waals surface area contributed by atoms with Crippen LogP contribution in [0.25, 0.3) is 27.8 Å². The lowest BCUT2D eigenvalue weighted by Gasteiger charge is -2.10. The van der Waals surface area contributed by atoms with Crippen LogP contribution in [0.1, 0.15) is 12.5 Å². The molecule has 6 heteroatoms. The van der Waals surface area contributed by atoms with E-state index in [1.165, 1.54) is 6.07 Å². The molecule has 0 radical (unpaired) electrons. The van der Waals surface area contributed by atoms with Crippen LogP contribution in [0.5, 0.6) is 0 Å². The van der Waals surface area contributed by atoms with Crippen LogP contribution in [-0.2, 0) is 6.42 Å². The van der Waals surface area contributed by atoms with E-state index >= 15 is 0 Å². The molecule has 4 aromatic rings. The maximum atomic E-state index is 14.3. The van der Waals surface area contributed by atoms with Crippen LogP contribution < -0.4 is 0 Å². The average Bonchev–Trinajstić information content (AvgIpc) is 3.13. The third-order valence-corrected chi connectivity index (χ3v) is 3.69. The van der Waals surface area contributed by atoms with Gasteiger partial charge in [-0.1, -0.05) is 6.92 Å². The molecule has 0 amide bonds. The minimum Gasteiger partial charge on any atom is -0.304 e. The van der Waals surface area contributed by atoms with Gasteiger partial charge in [0.25, 0.3) is 0 Å². The van der Waals surface area contributed by atoms with Crippen molar-refractivity contribution >= 4 is 16.6 Å². The van der Waals surface area contributed by atoms with Crippen molar-refractivity contribution < 1.29 is 4.39 Å². The highest BCUT2D eigenvalue weighted by Crippen LogP contribution is 2.32. The van der Waals surface area contributed by atoms with Crippen LogP contribution in [0.4, 0.5) is 4.39 Å². The summed E-state index contributed by atoms with van der Waals surface area (Å²) in [5.41, 5.74) is 3.58. The molecule has 0 saturated heterocycles. The van der Waals surface area contributed by atoms with E-state index in [1.54, 1.807) is 18.6 Å². The van der Waals surface area contributed by atoms with Crippen molar-refractivity contribution in [2.45, 2.75) is 13.3 Å². The Balaban J connectivity index is 2.09. The summed E-state index contributed by atoms with van der Waals surface area (Å²) in [5.74, 6) is -0.239. The first-order valence-electron chi connectivity index (χ1n) is 6.71. The summed E-state index contributed by atoms with van der Waals surface area (Å²) in [6.45, 7) is 1.93. The standard InChI is InChI=1S/C15H12FN5/c1-2-9-11(16)5-12-10(6-19-20-12)15(9)13-8-21-4-3-17-14(21)7-18-13/h3-8H,2H2,1H3,(H,19,20). The van der Waals surface area contributed by atoms with Gasteiger partial charge in [-0.05, 0) is 18.1 Å². The van der Waals surface area contributed by atoms with Crippen LogP contribution in [0.3, 0.4) is 0 Å². The molecule has 3 aromatic heterocycles. The number of nitrogens with one attached hydrogen (secondary N) is 1. The fourth-order valence-corrected chi connectivity index (χ4v) is 2.69. The lowest BCUT2D eigenvalue weighted by atomic mass is 9.98. The van der Waals surface area contributed by atoms with Crippen LogP contribution in [-0.4, -0.2) is 24.6 Å². The fourth-order valence-electron chi connectivity index (χ4n) is 2.69. The molecule has 4 rings (SSSR count). The van der Waals surface area contributed by atoms with Crippen molar-refractivity contribution in [2.75, 3.05) is 0 Å². The molecule has 0 aliphatic heterocycles. The van der Waals surface area contributed by atoms with Crippen LogP contribution >= 0.6 is 0 Å². The molecule has 0 aliphatic carbocycles. The Hall–Kier alpha value is -2.76. The van der Waals surface area contributed by atoms with Gasteiger partial charge in [0.1, 0.15) is 5.82 Å². The second-order valence-corrected chi connectivity index (χ2v) is 4.86. The van der Waals surface area contributed by atoms with Gasteiger partial charge in [-0.2, -0.15) is 5.10 Å². The van der Waals surface area contributed by atoms with Gasteiger partial charge in [-0.3, -0.25) is 10.1 Å². The third kappa shape index (κ3) is 1.72. The lowest BCUT2D eigenvalue weighted by molar-refractivity contribution is 0.614. The third-order valence-electron chi connectivity index (χ3n) is 3.69. The zero-order valence-corrected chi connectivity index (χ0v) is 11.3. The number of halogens is 1. The van der Waals surface area contributed by atoms with E-state index in [1.807, 2.05) is 23.7 Å². The van der Waals surface area contributed by atoms with Gasteiger partial charge in [0.05, 0.1) is 23.6 Å². The molecular formula is C15H12FN5. The fraction of sp³-hybridized carbons (Fsp3) is 0.133. The summed E-state index contributed by atoms with van der Waals surface area (Å²) in [6, 6.07) is 1.49. The number of nitrogens with zero attached hydrogens (tertiary/aromatic N) is 4. The summed E-state index contributed by atoms with van der Waals surface area (Å²) in [4.78, 5) is 8.61. The largest absolute Gasteiger partial charge is 0.304 e. The zero-order chi connectivity index (χ0) is 14.4. The van der Waals surface area contributed by atoms with Gasteiger partial charge in [0, 0.05) is 29.5 Å². The van der Waals surface area contributed by atoms with Crippen molar-refractivity contribution in [3.05, 3.63) is 48.4 Å². The van der Waals surface area contributed by atoms with Crippen molar-refractivity contribution in [3.8, 4) is 11.3 Å². The minimum absolute atomic E-state index is 0.239. The topological polar surface area (TPSA) is 58.9 Å². The van der Waals surface area contributed by atoms with Crippen LogP contribution in [0, 0.1) is 5.82 Å². The van der Waals surface area contributed by atoms with Gasteiger partial charge >= 0.3 is 0 Å². The summed E-state index contributed by atoms with van der Waals surface area (Å²) in [7, 11) is 0. The minimum atomic E-state index is -0.239. The van der Waals surface area contributed by atoms with Crippen LogP contribution in [0.15, 0.2) is 37.1 Å². The van der Waals surface area contributed by atoms with E-state index in [0.717, 1.165) is 16.6 Å². The van der Waals surface area contributed by atoms with E-state index in [2.05, 4.69) is 20.2 Å². The molecule has 1 aromatic carbocycles. The highest BCUT2D eigenvalue weighted by atomic mass is 19.1. The van der Waals surface area contributed by atoms with Crippen LogP contribution in [0.2, 0.25) is 0 Å². The quantitative estimate of drug-likeness (QED) is 0.614. The molecule has 1 N–H and O–H groups in total. The molecule has 0 spiro atoms. The van der Waals surface area contributed by atoms with Gasteiger partial charge in [0.15, 0.2) is 5.65 Å². The molecule has 5 nitrogen and oxygen atoms in total. The highest BCUT2D eigenvalue weighted by molar-refractivity contribution is 5.95. The number of fused-ring (bicyclic) bond motifs is 2. The summed E-state index contributed by atoms with van der Waals surface area (Å²) < 4.78 is 16.2. The molecule has 104 valence electrons. The molecule has 3 heterocycles. The SMILES string of the molecule is CCc1c(F)cc2[nH]ncc2c1-c1cn2ccnc2cn1. The second kappa shape index (κ2) is 4.37. The number of aromatic nitrogens is 5. The van der Waals surface area contributed by atoms with Gasteiger partial charge in [-0.15, -0.1) is 0 Å². The highest BCUT2D eigenvalue weighted by Gasteiger charge is 2.16. The Morgan fingerprint density at radius 2 is 2.19 bits per heavy atom. The molecule has 21 heavy (non-hydrogen) atoms. The van der Waals surface area contributed by atoms with Gasteiger partial charge in [-0.25, -0.2) is 9.37 Å². The van der Waals surface area contributed by atoms with Gasteiger partial charge in [0.2, 0.25) is 0 Å². The number of hydrogen-bond acceptors (Lipinski definition) is 3. The monoisotopic (exact) mass is 281 g/mol. The molecule has 0 bridgehead atoms. The Morgan fingerprint density at radius 1 is 1.29 bits per heavy atom. The Kier molecular flexibility index (Phi) is 2.50. The number of benzene rings is 1.